The molecule has 0 aliphatic rings. The Bertz CT molecular complexity index is 328. The van der Waals surface area contributed by atoms with E-state index in [2.05, 4.69) is 36.6 Å². The van der Waals surface area contributed by atoms with Gasteiger partial charge in [0.25, 0.3) is 0 Å². The van der Waals surface area contributed by atoms with Gasteiger partial charge in [0.15, 0.2) is 0 Å². The van der Waals surface area contributed by atoms with E-state index in [1.54, 1.807) is 6.92 Å². The molecule has 0 aliphatic carbocycles. The molecule has 0 amide bonds. The SMILES string of the molecule is CC(CBr)(CBr)NS(=O)(=O)CCCC(F)(F)F. The minimum atomic E-state index is -4.32. The van der Waals surface area contributed by atoms with Crippen LogP contribution in [0.4, 0.5) is 13.2 Å². The molecule has 0 aromatic heterocycles. The van der Waals surface area contributed by atoms with Crippen molar-refractivity contribution >= 4 is 41.9 Å². The van der Waals surface area contributed by atoms with Crippen LogP contribution in [0.3, 0.4) is 0 Å². The molecule has 0 aromatic carbocycles. The average molecular weight is 405 g/mol. The van der Waals surface area contributed by atoms with Crippen molar-refractivity contribution in [3.63, 3.8) is 0 Å². The van der Waals surface area contributed by atoms with Gasteiger partial charge in [0, 0.05) is 22.6 Å². The first-order valence-electron chi connectivity index (χ1n) is 4.74. The number of hydrogen-bond donors (Lipinski definition) is 1. The minimum absolute atomic E-state index is 0.365. The molecule has 0 saturated carbocycles. The van der Waals surface area contributed by atoms with Crippen LogP contribution in [0.25, 0.3) is 0 Å². The van der Waals surface area contributed by atoms with Crippen LogP contribution in [0.5, 0.6) is 0 Å². The molecule has 0 aromatic rings. The monoisotopic (exact) mass is 403 g/mol. The molecule has 9 heteroatoms. The molecule has 17 heavy (non-hydrogen) atoms. The standard InChI is InChI=1S/C8H14Br2F3NO2S/c1-7(5-9,6-10)14-17(15,16)4-2-3-8(11,12)13/h14H,2-6H2,1H3. The van der Waals surface area contributed by atoms with Crippen LogP contribution in [0.2, 0.25) is 0 Å². The Balaban J connectivity index is 4.31. The fourth-order valence-corrected chi connectivity index (χ4v) is 4.08. The summed E-state index contributed by atoms with van der Waals surface area (Å²) in [6, 6.07) is 0. The number of rotatable bonds is 7. The van der Waals surface area contributed by atoms with Crippen molar-refractivity contribution in [1.29, 1.82) is 0 Å². The predicted molar refractivity (Wildman–Crippen MR) is 68.2 cm³/mol. The average Bonchev–Trinajstić information content (AvgIpc) is 2.14. The first kappa shape index (κ1) is 17.7. The Labute approximate surface area is 116 Å². The molecule has 104 valence electrons. The second kappa shape index (κ2) is 6.72. The molecule has 0 unspecified atom stereocenters. The zero-order valence-corrected chi connectivity index (χ0v) is 13.1. The van der Waals surface area contributed by atoms with Crippen molar-refractivity contribution in [3.8, 4) is 0 Å². The summed E-state index contributed by atoms with van der Waals surface area (Å²) in [7, 11) is -3.70. The lowest BCUT2D eigenvalue weighted by atomic mass is 10.1. The minimum Gasteiger partial charge on any atom is -0.212 e. The maximum atomic E-state index is 11.9. The normalized spacial score (nSPS) is 14.0. The highest BCUT2D eigenvalue weighted by Gasteiger charge is 2.30. The molecule has 0 radical (unpaired) electrons. The number of alkyl halides is 5. The highest BCUT2D eigenvalue weighted by atomic mass is 79.9. The molecule has 0 rings (SSSR count). The molecule has 0 heterocycles. The molecular formula is C8H14Br2F3NO2S. The third kappa shape index (κ3) is 8.39. The highest BCUT2D eigenvalue weighted by molar-refractivity contribution is 9.09. The van der Waals surface area contributed by atoms with Gasteiger partial charge in [0.05, 0.1) is 5.75 Å². The van der Waals surface area contributed by atoms with Crippen LogP contribution in [0.1, 0.15) is 19.8 Å². The number of nitrogens with one attached hydrogen (secondary N) is 1. The fourth-order valence-electron chi connectivity index (χ4n) is 0.979. The van der Waals surface area contributed by atoms with Gasteiger partial charge in [-0.1, -0.05) is 31.9 Å². The summed E-state index contributed by atoms with van der Waals surface area (Å²) < 4.78 is 61.0. The maximum Gasteiger partial charge on any atom is 0.389 e. The van der Waals surface area contributed by atoms with Gasteiger partial charge in [-0.05, 0) is 13.3 Å². The molecule has 0 bridgehead atoms. The van der Waals surface area contributed by atoms with E-state index in [0.717, 1.165) is 0 Å². The lowest BCUT2D eigenvalue weighted by molar-refractivity contribution is -0.134. The molecule has 0 aliphatic heterocycles. The van der Waals surface area contributed by atoms with Crippen molar-refractivity contribution < 1.29 is 21.6 Å². The molecule has 0 saturated heterocycles. The molecule has 1 N–H and O–H groups in total. The summed E-state index contributed by atoms with van der Waals surface area (Å²) in [6.07, 6.45) is -5.84. The second-order valence-corrected chi connectivity index (χ2v) is 6.93. The van der Waals surface area contributed by atoms with Gasteiger partial charge in [-0.2, -0.15) is 13.2 Å². The van der Waals surface area contributed by atoms with Crippen LogP contribution in [0.15, 0.2) is 0 Å². The largest absolute Gasteiger partial charge is 0.389 e. The summed E-state index contributed by atoms with van der Waals surface area (Å²) in [5.41, 5.74) is -0.739. The lowest BCUT2D eigenvalue weighted by Crippen LogP contribution is -2.49. The topological polar surface area (TPSA) is 46.2 Å². The second-order valence-electron chi connectivity index (χ2n) is 3.97. The molecule has 0 fully saturated rings. The zero-order valence-electron chi connectivity index (χ0n) is 9.15. The van der Waals surface area contributed by atoms with E-state index in [1.807, 2.05) is 0 Å². The molecule has 3 nitrogen and oxygen atoms in total. The molecule has 0 atom stereocenters. The quantitative estimate of drug-likeness (QED) is 0.663. The van der Waals surface area contributed by atoms with Crippen LogP contribution in [-0.4, -0.2) is 36.5 Å². The first-order valence-corrected chi connectivity index (χ1v) is 8.63. The van der Waals surface area contributed by atoms with E-state index in [4.69, 9.17) is 0 Å². The summed E-state index contributed by atoms with van der Waals surface area (Å²) in [6.45, 7) is 1.65. The first-order chi connectivity index (χ1) is 7.54. The summed E-state index contributed by atoms with van der Waals surface area (Å²) in [4.78, 5) is 0. The Hall–Kier alpha value is 0.660. The van der Waals surface area contributed by atoms with Crippen LogP contribution < -0.4 is 4.72 Å². The highest BCUT2D eigenvalue weighted by Crippen LogP contribution is 2.22. The lowest BCUT2D eigenvalue weighted by Gasteiger charge is -2.26. The Morgan fingerprint density at radius 1 is 1.18 bits per heavy atom. The van der Waals surface area contributed by atoms with Crippen molar-refractivity contribution in [1.82, 2.24) is 4.72 Å². The van der Waals surface area contributed by atoms with E-state index >= 15 is 0 Å². The third-order valence-electron chi connectivity index (χ3n) is 1.87. The van der Waals surface area contributed by atoms with Crippen LogP contribution >= 0.6 is 31.9 Å². The molecular weight excluding hydrogens is 391 g/mol. The van der Waals surface area contributed by atoms with Crippen molar-refractivity contribution in [3.05, 3.63) is 0 Å². The zero-order chi connectivity index (χ0) is 13.7. The molecule has 0 spiro atoms. The fraction of sp³-hybridized carbons (Fsp3) is 1.00. The number of halogens is 5. The summed E-state index contributed by atoms with van der Waals surface area (Å²) in [5, 5.41) is 0.730. The van der Waals surface area contributed by atoms with E-state index in [9.17, 15) is 21.6 Å². The van der Waals surface area contributed by atoms with Crippen molar-refractivity contribution in [2.45, 2.75) is 31.5 Å². The summed E-state index contributed by atoms with van der Waals surface area (Å²) in [5.74, 6) is -0.526. The Morgan fingerprint density at radius 2 is 1.65 bits per heavy atom. The van der Waals surface area contributed by atoms with E-state index in [-0.39, 0.29) is 0 Å². The number of sulfonamides is 1. The van der Waals surface area contributed by atoms with E-state index in [0.29, 0.717) is 10.7 Å². The van der Waals surface area contributed by atoms with Gasteiger partial charge < -0.3 is 0 Å². The van der Waals surface area contributed by atoms with Crippen LogP contribution in [-0.2, 0) is 10.0 Å². The van der Waals surface area contributed by atoms with Gasteiger partial charge >= 0.3 is 6.18 Å². The smallest absolute Gasteiger partial charge is 0.212 e. The van der Waals surface area contributed by atoms with Gasteiger partial charge in [0.1, 0.15) is 0 Å². The van der Waals surface area contributed by atoms with Gasteiger partial charge in [0.2, 0.25) is 10.0 Å². The van der Waals surface area contributed by atoms with E-state index in [1.165, 1.54) is 0 Å². The maximum absolute atomic E-state index is 11.9. The number of hydrogen-bond acceptors (Lipinski definition) is 2. The van der Waals surface area contributed by atoms with E-state index < -0.39 is 40.3 Å². The van der Waals surface area contributed by atoms with Gasteiger partial charge in [-0.3, -0.25) is 0 Å². The van der Waals surface area contributed by atoms with Gasteiger partial charge in [-0.15, -0.1) is 0 Å². The van der Waals surface area contributed by atoms with Crippen molar-refractivity contribution in [2.24, 2.45) is 0 Å². The Kier molecular flexibility index (Phi) is 6.98. The predicted octanol–water partition coefficient (Wildman–Crippen LogP) is 2.80. The van der Waals surface area contributed by atoms with Crippen LogP contribution in [0, 0.1) is 0 Å². The van der Waals surface area contributed by atoms with Gasteiger partial charge in [-0.25, -0.2) is 13.1 Å². The Morgan fingerprint density at radius 3 is 2.00 bits per heavy atom. The van der Waals surface area contributed by atoms with Crippen molar-refractivity contribution in [2.75, 3.05) is 16.4 Å². The summed E-state index contributed by atoms with van der Waals surface area (Å²) >= 11 is 6.30. The third-order valence-corrected chi connectivity index (χ3v) is 5.97.